The average molecular weight is 417 g/mol. The number of benzene rings is 2. The predicted molar refractivity (Wildman–Crippen MR) is 116 cm³/mol. The Kier molecular flexibility index (Phi) is 6.65. The molecular weight excluding hydrogens is 396 g/mol. The van der Waals surface area contributed by atoms with Gasteiger partial charge in [-0.3, -0.25) is 9.69 Å². The lowest BCUT2D eigenvalue weighted by molar-refractivity contribution is -0.122. The summed E-state index contributed by atoms with van der Waals surface area (Å²) in [5, 5.41) is 1.25. The van der Waals surface area contributed by atoms with Crippen molar-refractivity contribution in [2.45, 2.75) is 13.8 Å². The summed E-state index contributed by atoms with van der Waals surface area (Å²) in [5.74, 6) is 1.24. The Morgan fingerprint density at radius 3 is 2.68 bits per heavy atom. The number of likely N-dealkylation sites (N-methyl/N-ethyl adjacent to an activating group) is 1. The number of hydrogen-bond acceptors (Lipinski definition) is 5. The highest BCUT2D eigenvalue weighted by Crippen LogP contribution is 2.36. The smallest absolute Gasteiger partial charge is 0.266 e. The van der Waals surface area contributed by atoms with Crippen LogP contribution in [0.4, 0.5) is 5.69 Å². The highest BCUT2D eigenvalue weighted by atomic mass is 35.5. The summed E-state index contributed by atoms with van der Waals surface area (Å²) < 4.78 is 10.9. The average Bonchev–Trinajstić information content (AvgIpc) is 2.96. The number of amidine groups is 1. The third-order valence-corrected chi connectivity index (χ3v) is 5.26. The second-order valence-electron chi connectivity index (χ2n) is 5.88. The quantitative estimate of drug-likeness (QED) is 0.594. The molecule has 0 atom stereocenters. The minimum atomic E-state index is -0.0675. The Morgan fingerprint density at radius 1 is 1.18 bits per heavy atom. The van der Waals surface area contributed by atoms with Gasteiger partial charge in [-0.1, -0.05) is 23.7 Å². The molecule has 28 heavy (non-hydrogen) atoms. The van der Waals surface area contributed by atoms with Gasteiger partial charge in [0.2, 0.25) is 0 Å². The molecule has 0 bridgehead atoms. The lowest BCUT2D eigenvalue weighted by Gasteiger charge is -2.12. The molecule has 0 N–H and O–H groups in total. The van der Waals surface area contributed by atoms with E-state index in [-0.39, 0.29) is 5.91 Å². The Balaban J connectivity index is 1.92. The van der Waals surface area contributed by atoms with Crippen molar-refractivity contribution in [2.24, 2.45) is 4.99 Å². The zero-order valence-electron chi connectivity index (χ0n) is 15.9. The van der Waals surface area contributed by atoms with Crippen molar-refractivity contribution in [3.05, 3.63) is 58.0 Å². The van der Waals surface area contributed by atoms with Crippen LogP contribution in [-0.4, -0.2) is 36.2 Å². The van der Waals surface area contributed by atoms with E-state index in [1.165, 1.54) is 11.8 Å². The van der Waals surface area contributed by atoms with Gasteiger partial charge in [0.15, 0.2) is 16.7 Å². The molecule has 0 aliphatic carbocycles. The van der Waals surface area contributed by atoms with E-state index < -0.39 is 0 Å². The minimum Gasteiger partial charge on any atom is -0.493 e. The van der Waals surface area contributed by atoms with E-state index in [2.05, 4.69) is 4.99 Å². The van der Waals surface area contributed by atoms with Gasteiger partial charge in [0, 0.05) is 11.6 Å². The number of carbonyl (C=O) groups is 1. The van der Waals surface area contributed by atoms with Gasteiger partial charge in [-0.2, -0.15) is 0 Å². The number of methoxy groups -OCH3 is 1. The Labute approximate surface area is 174 Å². The Hall–Kier alpha value is -2.44. The maximum atomic E-state index is 12.8. The Bertz CT molecular complexity index is 943. The van der Waals surface area contributed by atoms with Gasteiger partial charge in [0.05, 0.1) is 24.3 Å². The molecule has 1 amide bonds. The minimum absolute atomic E-state index is 0.0675. The van der Waals surface area contributed by atoms with Crippen LogP contribution in [0.3, 0.4) is 0 Å². The van der Waals surface area contributed by atoms with Crippen molar-refractivity contribution >= 4 is 46.2 Å². The molecule has 7 heteroatoms. The number of aliphatic imine (C=N–C) groups is 1. The fourth-order valence-corrected chi connectivity index (χ4v) is 3.98. The van der Waals surface area contributed by atoms with Gasteiger partial charge >= 0.3 is 0 Å². The molecular formula is C21H21ClN2O3S. The molecule has 1 aliphatic heterocycles. The molecule has 5 nitrogen and oxygen atoms in total. The zero-order chi connectivity index (χ0) is 20.1. The largest absolute Gasteiger partial charge is 0.493 e. The van der Waals surface area contributed by atoms with Gasteiger partial charge < -0.3 is 9.47 Å². The highest BCUT2D eigenvalue weighted by Gasteiger charge is 2.32. The predicted octanol–water partition coefficient (Wildman–Crippen LogP) is 5.37. The van der Waals surface area contributed by atoms with Crippen LogP contribution in [0.5, 0.6) is 11.5 Å². The lowest BCUT2D eigenvalue weighted by atomic mass is 10.2. The van der Waals surface area contributed by atoms with Crippen LogP contribution >= 0.6 is 23.4 Å². The summed E-state index contributed by atoms with van der Waals surface area (Å²) in [7, 11) is 1.60. The highest BCUT2D eigenvalue weighted by molar-refractivity contribution is 8.18. The van der Waals surface area contributed by atoms with Crippen LogP contribution in [0.1, 0.15) is 19.4 Å². The van der Waals surface area contributed by atoms with Crippen LogP contribution in [0.2, 0.25) is 5.02 Å². The van der Waals surface area contributed by atoms with Gasteiger partial charge in [0.1, 0.15) is 0 Å². The summed E-state index contributed by atoms with van der Waals surface area (Å²) in [5.41, 5.74) is 1.57. The first kappa shape index (κ1) is 20.3. The van der Waals surface area contributed by atoms with Gasteiger partial charge in [0.25, 0.3) is 5.91 Å². The van der Waals surface area contributed by atoms with E-state index in [1.807, 2.05) is 50.3 Å². The van der Waals surface area contributed by atoms with Crippen molar-refractivity contribution in [3.63, 3.8) is 0 Å². The van der Waals surface area contributed by atoms with E-state index in [4.69, 9.17) is 21.1 Å². The first-order valence-electron chi connectivity index (χ1n) is 8.92. The normalized spacial score (nSPS) is 16.9. The number of hydrogen-bond donors (Lipinski definition) is 0. The van der Waals surface area contributed by atoms with E-state index in [0.29, 0.717) is 45.4 Å². The van der Waals surface area contributed by atoms with Crippen molar-refractivity contribution < 1.29 is 14.3 Å². The second kappa shape index (κ2) is 9.17. The zero-order valence-corrected chi connectivity index (χ0v) is 17.5. The monoisotopic (exact) mass is 416 g/mol. The molecule has 0 aromatic heterocycles. The standard InChI is InChI=1S/C21H21ClN2O3S/c1-4-24-20(25)19(28-21(24)23-16-8-6-7-15(22)13-16)12-14-9-10-17(26-3)18(11-14)27-5-2/h6-13H,4-5H2,1-3H3/b19-12+,23-21?. The maximum Gasteiger partial charge on any atom is 0.266 e. The van der Waals surface area contributed by atoms with E-state index in [0.717, 1.165) is 5.56 Å². The third-order valence-electron chi connectivity index (χ3n) is 4.02. The van der Waals surface area contributed by atoms with Crippen molar-refractivity contribution in [3.8, 4) is 11.5 Å². The molecule has 3 rings (SSSR count). The molecule has 0 saturated carbocycles. The van der Waals surface area contributed by atoms with Crippen LogP contribution in [0.15, 0.2) is 52.4 Å². The summed E-state index contributed by atoms with van der Waals surface area (Å²) >= 11 is 7.39. The van der Waals surface area contributed by atoms with Crippen LogP contribution < -0.4 is 9.47 Å². The van der Waals surface area contributed by atoms with Crippen molar-refractivity contribution in [2.75, 3.05) is 20.3 Å². The number of ether oxygens (including phenoxy) is 2. The summed E-state index contributed by atoms with van der Waals surface area (Å²) in [6.45, 7) is 4.91. The van der Waals surface area contributed by atoms with E-state index >= 15 is 0 Å². The molecule has 146 valence electrons. The van der Waals surface area contributed by atoms with E-state index in [1.54, 1.807) is 24.1 Å². The maximum absolute atomic E-state index is 12.8. The van der Waals surface area contributed by atoms with Crippen LogP contribution in [-0.2, 0) is 4.79 Å². The lowest BCUT2D eigenvalue weighted by Crippen LogP contribution is -2.28. The van der Waals surface area contributed by atoms with Crippen molar-refractivity contribution in [1.29, 1.82) is 0 Å². The number of thioether (sulfide) groups is 1. The van der Waals surface area contributed by atoms with E-state index in [9.17, 15) is 4.79 Å². The molecule has 0 spiro atoms. The van der Waals surface area contributed by atoms with Crippen molar-refractivity contribution in [1.82, 2.24) is 4.90 Å². The third kappa shape index (κ3) is 4.51. The second-order valence-corrected chi connectivity index (χ2v) is 7.32. The number of nitrogens with zero attached hydrogens (tertiary/aromatic N) is 2. The summed E-state index contributed by atoms with van der Waals surface area (Å²) in [4.78, 5) is 19.7. The fourth-order valence-electron chi connectivity index (χ4n) is 2.73. The SMILES string of the molecule is CCOc1cc(/C=C2/SC(=Nc3cccc(Cl)c3)N(CC)C2=O)ccc1OC. The molecule has 1 saturated heterocycles. The molecule has 1 aliphatic rings. The number of rotatable bonds is 6. The molecule has 2 aromatic rings. The first-order chi connectivity index (χ1) is 13.5. The molecule has 1 heterocycles. The molecule has 0 unspecified atom stereocenters. The molecule has 2 aromatic carbocycles. The number of halogens is 1. The van der Waals surface area contributed by atoms with Crippen LogP contribution in [0.25, 0.3) is 6.08 Å². The topological polar surface area (TPSA) is 51.1 Å². The first-order valence-corrected chi connectivity index (χ1v) is 10.1. The van der Waals surface area contributed by atoms with Gasteiger partial charge in [-0.15, -0.1) is 0 Å². The van der Waals surface area contributed by atoms with Gasteiger partial charge in [-0.25, -0.2) is 4.99 Å². The summed E-state index contributed by atoms with van der Waals surface area (Å²) in [6, 6.07) is 12.9. The number of amides is 1. The van der Waals surface area contributed by atoms with Crippen LogP contribution in [0, 0.1) is 0 Å². The number of carbonyl (C=O) groups excluding carboxylic acids is 1. The summed E-state index contributed by atoms with van der Waals surface area (Å²) in [6.07, 6.45) is 1.85. The fraction of sp³-hybridized carbons (Fsp3) is 0.238. The molecule has 1 fully saturated rings. The van der Waals surface area contributed by atoms with Gasteiger partial charge in [-0.05, 0) is 67.6 Å². The Morgan fingerprint density at radius 2 is 2.00 bits per heavy atom. The molecule has 0 radical (unpaired) electrons.